The first kappa shape index (κ1) is 9.63. The summed E-state index contributed by atoms with van der Waals surface area (Å²) in [5.41, 5.74) is 0. The first-order valence-corrected chi connectivity index (χ1v) is 4.04. The molecule has 0 aliphatic carbocycles. The van der Waals surface area contributed by atoms with Gasteiger partial charge in [-0.05, 0) is 22.8 Å². The third-order valence-electron chi connectivity index (χ3n) is 1.65. The van der Waals surface area contributed by atoms with Gasteiger partial charge in [0.1, 0.15) is 6.33 Å². The highest BCUT2D eigenvalue weighted by Gasteiger charge is 2.14. The SMILES string of the molecule is CC(C)C[C@@H](C(=O)[O-])n1cnnn1. The lowest BCUT2D eigenvalue weighted by Gasteiger charge is -2.18. The molecule has 1 rings (SSSR count). The second-order valence-electron chi connectivity index (χ2n) is 3.25. The van der Waals surface area contributed by atoms with E-state index in [9.17, 15) is 9.90 Å². The van der Waals surface area contributed by atoms with Gasteiger partial charge in [-0.1, -0.05) is 13.8 Å². The zero-order valence-electron chi connectivity index (χ0n) is 7.54. The summed E-state index contributed by atoms with van der Waals surface area (Å²) in [7, 11) is 0. The average molecular weight is 183 g/mol. The Hall–Kier alpha value is -1.46. The molecule has 0 fully saturated rings. The lowest BCUT2D eigenvalue weighted by Crippen LogP contribution is -2.34. The highest BCUT2D eigenvalue weighted by Crippen LogP contribution is 2.14. The van der Waals surface area contributed by atoms with Gasteiger partial charge in [0, 0.05) is 0 Å². The molecule has 1 atom stereocenters. The molecule has 1 heterocycles. The Kier molecular flexibility index (Phi) is 2.94. The molecular weight excluding hydrogens is 172 g/mol. The van der Waals surface area contributed by atoms with Crippen LogP contribution in [0, 0.1) is 5.92 Å². The highest BCUT2D eigenvalue weighted by atomic mass is 16.4. The predicted octanol–water partition coefficient (Wildman–Crippen LogP) is -0.990. The molecule has 13 heavy (non-hydrogen) atoms. The van der Waals surface area contributed by atoms with E-state index >= 15 is 0 Å². The predicted molar refractivity (Wildman–Crippen MR) is 41.3 cm³/mol. The number of aromatic nitrogens is 4. The van der Waals surface area contributed by atoms with Crippen LogP contribution in [0.25, 0.3) is 0 Å². The van der Waals surface area contributed by atoms with Gasteiger partial charge in [-0.25, -0.2) is 4.68 Å². The third-order valence-corrected chi connectivity index (χ3v) is 1.65. The largest absolute Gasteiger partial charge is 0.548 e. The van der Waals surface area contributed by atoms with Crippen molar-refractivity contribution in [3.05, 3.63) is 6.33 Å². The number of carboxylic acids is 1. The van der Waals surface area contributed by atoms with Gasteiger partial charge in [0.15, 0.2) is 0 Å². The molecule has 0 radical (unpaired) electrons. The molecule has 0 unspecified atom stereocenters. The smallest absolute Gasteiger partial charge is 0.138 e. The maximum atomic E-state index is 10.7. The van der Waals surface area contributed by atoms with Crippen LogP contribution in [0.3, 0.4) is 0 Å². The minimum atomic E-state index is -1.15. The Bertz CT molecular complexity index is 270. The van der Waals surface area contributed by atoms with Crippen molar-refractivity contribution in [2.75, 3.05) is 0 Å². The summed E-state index contributed by atoms with van der Waals surface area (Å²) in [5.74, 6) is -0.895. The highest BCUT2D eigenvalue weighted by molar-refractivity contribution is 5.69. The molecule has 0 aliphatic heterocycles. The minimum absolute atomic E-state index is 0.257. The number of hydrogen-bond donors (Lipinski definition) is 0. The quantitative estimate of drug-likeness (QED) is 0.598. The molecule has 1 aromatic rings. The van der Waals surface area contributed by atoms with Crippen molar-refractivity contribution in [3.8, 4) is 0 Å². The fraction of sp³-hybridized carbons (Fsp3) is 0.714. The number of carbonyl (C=O) groups is 1. The first-order chi connectivity index (χ1) is 6.11. The van der Waals surface area contributed by atoms with E-state index in [0.29, 0.717) is 6.42 Å². The van der Waals surface area contributed by atoms with Crippen molar-refractivity contribution in [1.82, 2.24) is 20.2 Å². The topological polar surface area (TPSA) is 83.7 Å². The van der Waals surface area contributed by atoms with E-state index in [0.717, 1.165) is 0 Å². The molecule has 0 N–H and O–H groups in total. The van der Waals surface area contributed by atoms with E-state index in [2.05, 4.69) is 15.5 Å². The van der Waals surface area contributed by atoms with E-state index in [1.165, 1.54) is 11.0 Å². The van der Waals surface area contributed by atoms with Crippen LogP contribution in [0.15, 0.2) is 6.33 Å². The Morgan fingerprint density at radius 2 is 2.31 bits per heavy atom. The van der Waals surface area contributed by atoms with Gasteiger partial charge in [0.05, 0.1) is 12.0 Å². The number of nitrogens with zero attached hydrogens (tertiary/aromatic N) is 4. The van der Waals surface area contributed by atoms with Crippen LogP contribution in [0.2, 0.25) is 0 Å². The molecule has 0 amide bonds. The molecule has 0 saturated heterocycles. The molecule has 1 aromatic heterocycles. The van der Waals surface area contributed by atoms with Crippen molar-refractivity contribution in [3.63, 3.8) is 0 Å². The van der Waals surface area contributed by atoms with Crippen LogP contribution >= 0.6 is 0 Å². The van der Waals surface area contributed by atoms with Crippen LogP contribution in [-0.2, 0) is 4.79 Å². The number of carbonyl (C=O) groups excluding carboxylic acids is 1. The zero-order chi connectivity index (χ0) is 9.84. The average Bonchev–Trinajstić information content (AvgIpc) is 2.50. The van der Waals surface area contributed by atoms with E-state index in [1.54, 1.807) is 0 Å². The minimum Gasteiger partial charge on any atom is -0.548 e. The Morgan fingerprint density at radius 3 is 2.69 bits per heavy atom. The van der Waals surface area contributed by atoms with E-state index in [1.807, 2.05) is 13.8 Å². The van der Waals surface area contributed by atoms with Gasteiger partial charge in [0.2, 0.25) is 0 Å². The summed E-state index contributed by atoms with van der Waals surface area (Å²) in [6.07, 6.45) is 1.75. The standard InChI is InChI=1S/C7H12N4O2/c1-5(2)3-6(7(12)13)11-4-8-9-10-11/h4-6H,3H2,1-2H3,(H,12,13)/p-1/t6-/m0/s1. The Balaban J connectivity index is 2.75. The number of rotatable bonds is 4. The molecule has 6 nitrogen and oxygen atoms in total. The second kappa shape index (κ2) is 3.97. The summed E-state index contributed by atoms with van der Waals surface area (Å²) in [6.45, 7) is 3.86. The van der Waals surface area contributed by atoms with Crippen molar-refractivity contribution < 1.29 is 9.90 Å². The van der Waals surface area contributed by atoms with E-state index in [4.69, 9.17) is 0 Å². The van der Waals surface area contributed by atoms with Crippen LogP contribution in [-0.4, -0.2) is 26.2 Å². The lowest BCUT2D eigenvalue weighted by atomic mass is 10.0. The van der Waals surface area contributed by atoms with Gasteiger partial charge in [0.25, 0.3) is 0 Å². The molecule has 0 spiro atoms. The summed E-state index contributed by atoms with van der Waals surface area (Å²) in [5, 5.41) is 21.0. The van der Waals surface area contributed by atoms with Crippen LogP contribution < -0.4 is 5.11 Å². The normalized spacial score (nSPS) is 13.2. The fourth-order valence-electron chi connectivity index (χ4n) is 1.07. The number of tetrazole rings is 1. The molecule has 0 saturated carbocycles. The van der Waals surface area contributed by atoms with Crippen LogP contribution in [0.1, 0.15) is 26.3 Å². The summed E-state index contributed by atoms with van der Waals surface area (Å²) in [6, 6.07) is -0.769. The first-order valence-electron chi connectivity index (χ1n) is 4.04. The van der Waals surface area contributed by atoms with E-state index in [-0.39, 0.29) is 5.92 Å². The molecule has 0 aromatic carbocycles. The molecule has 0 aliphatic rings. The van der Waals surface area contributed by atoms with E-state index < -0.39 is 12.0 Å². The maximum absolute atomic E-state index is 10.7. The maximum Gasteiger partial charge on any atom is 0.138 e. The van der Waals surface area contributed by atoms with Gasteiger partial charge in [-0.3, -0.25) is 0 Å². The van der Waals surface area contributed by atoms with Crippen molar-refractivity contribution in [2.24, 2.45) is 5.92 Å². The van der Waals surface area contributed by atoms with Gasteiger partial charge < -0.3 is 9.90 Å². The van der Waals surface area contributed by atoms with Crippen molar-refractivity contribution in [1.29, 1.82) is 0 Å². The molecule has 72 valence electrons. The van der Waals surface area contributed by atoms with Gasteiger partial charge >= 0.3 is 0 Å². The molecule has 6 heteroatoms. The van der Waals surface area contributed by atoms with Crippen LogP contribution in [0.4, 0.5) is 0 Å². The lowest BCUT2D eigenvalue weighted by molar-refractivity contribution is -0.311. The molecule has 0 bridgehead atoms. The van der Waals surface area contributed by atoms with Gasteiger partial charge in [-0.15, -0.1) is 5.10 Å². The van der Waals surface area contributed by atoms with Crippen LogP contribution in [0.5, 0.6) is 0 Å². The fourth-order valence-corrected chi connectivity index (χ4v) is 1.07. The summed E-state index contributed by atoms with van der Waals surface area (Å²) < 4.78 is 1.20. The monoisotopic (exact) mass is 183 g/mol. The van der Waals surface area contributed by atoms with Crippen molar-refractivity contribution in [2.45, 2.75) is 26.3 Å². The third kappa shape index (κ3) is 2.50. The summed E-state index contributed by atoms with van der Waals surface area (Å²) in [4.78, 5) is 10.7. The van der Waals surface area contributed by atoms with Crippen molar-refractivity contribution >= 4 is 5.97 Å². The molecular formula is C7H11N4O2-. The number of aliphatic carboxylic acids is 1. The Morgan fingerprint density at radius 1 is 1.62 bits per heavy atom. The Labute approximate surface area is 75.6 Å². The zero-order valence-corrected chi connectivity index (χ0v) is 7.54. The van der Waals surface area contributed by atoms with Gasteiger partial charge in [-0.2, -0.15) is 0 Å². The number of carboxylic acid groups (broad SMARTS) is 1. The second-order valence-corrected chi connectivity index (χ2v) is 3.25. The number of hydrogen-bond acceptors (Lipinski definition) is 5. The summed E-state index contributed by atoms with van der Waals surface area (Å²) >= 11 is 0.